The Morgan fingerprint density at radius 1 is 1.55 bits per heavy atom. The van der Waals surface area contributed by atoms with Gasteiger partial charge in [0.25, 0.3) is 0 Å². The van der Waals surface area contributed by atoms with Gasteiger partial charge in [-0.05, 0) is 13.8 Å². The maximum absolute atomic E-state index is 11.3. The molecule has 1 aliphatic rings. The molecule has 0 saturated carbocycles. The Hall–Kier alpha value is -0.560. The smallest absolute Gasteiger partial charge is 0.243 e. The van der Waals surface area contributed by atoms with Gasteiger partial charge in [-0.15, -0.1) is 0 Å². The van der Waals surface area contributed by atoms with Crippen LogP contribution in [0.1, 0.15) is 20.3 Å². The number of nitrogens with zero attached hydrogens (tertiary/aromatic N) is 1. The van der Waals surface area contributed by atoms with Crippen LogP contribution in [0, 0.1) is 6.57 Å². The summed E-state index contributed by atoms with van der Waals surface area (Å²) in [6.07, 6.45) is 0.499. The van der Waals surface area contributed by atoms with E-state index in [0.717, 1.165) is 0 Å². The Morgan fingerprint density at radius 2 is 2.09 bits per heavy atom. The van der Waals surface area contributed by atoms with Gasteiger partial charge in [0.1, 0.15) is 4.75 Å². The molecule has 0 N–H and O–H groups in total. The summed E-state index contributed by atoms with van der Waals surface area (Å²) in [6.45, 7) is 10.1. The third-order valence-electron chi connectivity index (χ3n) is 2.42. The van der Waals surface area contributed by atoms with E-state index in [1.807, 2.05) is 0 Å². The largest absolute Gasteiger partial charge is 0.312 e. The van der Waals surface area contributed by atoms with Crippen molar-refractivity contribution in [2.24, 2.45) is 0 Å². The normalized spacial score (nSPS) is 33.0. The molecule has 0 bridgehead atoms. The van der Waals surface area contributed by atoms with Gasteiger partial charge < -0.3 is 4.85 Å². The molecular formula is C7H11NO2S. The summed E-state index contributed by atoms with van der Waals surface area (Å²) in [5, 5.41) is 0. The van der Waals surface area contributed by atoms with Gasteiger partial charge in [0.2, 0.25) is 6.04 Å². The molecule has 0 amide bonds. The minimum Gasteiger partial charge on any atom is -0.312 e. The quantitative estimate of drug-likeness (QED) is 0.510. The molecule has 1 fully saturated rings. The lowest BCUT2D eigenvalue weighted by Crippen LogP contribution is -2.35. The molecule has 1 aliphatic heterocycles. The van der Waals surface area contributed by atoms with Crippen LogP contribution in [0.4, 0.5) is 0 Å². The van der Waals surface area contributed by atoms with Gasteiger partial charge in [-0.1, -0.05) is 0 Å². The predicted octanol–water partition coefficient (Wildman–Crippen LogP) is 0.871. The highest BCUT2D eigenvalue weighted by molar-refractivity contribution is 7.93. The van der Waals surface area contributed by atoms with E-state index < -0.39 is 14.6 Å². The van der Waals surface area contributed by atoms with E-state index in [0.29, 0.717) is 6.42 Å². The van der Waals surface area contributed by atoms with E-state index in [1.54, 1.807) is 13.8 Å². The molecule has 0 aliphatic carbocycles. The van der Waals surface area contributed by atoms with Crippen LogP contribution >= 0.6 is 0 Å². The molecule has 3 nitrogen and oxygen atoms in total. The summed E-state index contributed by atoms with van der Waals surface area (Å²) in [5.41, 5.74) is 0. The lowest BCUT2D eigenvalue weighted by molar-refractivity contribution is 0.546. The number of hydrogen-bond donors (Lipinski definition) is 0. The first-order valence-electron chi connectivity index (χ1n) is 3.50. The van der Waals surface area contributed by atoms with Gasteiger partial charge in [0.15, 0.2) is 9.84 Å². The minimum absolute atomic E-state index is 0.174. The molecule has 1 unspecified atom stereocenters. The van der Waals surface area contributed by atoms with Crippen LogP contribution in [0.3, 0.4) is 0 Å². The molecular weight excluding hydrogens is 162 g/mol. The molecule has 0 aromatic rings. The van der Waals surface area contributed by atoms with Gasteiger partial charge in [-0.25, -0.2) is 15.0 Å². The minimum atomic E-state index is -3.00. The van der Waals surface area contributed by atoms with Crippen molar-refractivity contribution in [2.45, 2.75) is 31.1 Å². The highest BCUT2D eigenvalue weighted by Crippen LogP contribution is 2.33. The average molecular weight is 173 g/mol. The van der Waals surface area contributed by atoms with Crippen molar-refractivity contribution < 1.29 is 8.42 Å². The van der Waals surface area contributed by atoms with E-state index >= 15 is 0 Å². The first kappa shape index (κ1) is 8.54. The Labute approximate surface area is 67.2 Å². The van der Waals surface area contributed by atoms with Crippen molar-refractivity contribution in [1.82, 2.24) is 0 Å². The average Bonchev–Trinajstić information content (AvgIpc) is 2.05. The zero-order chi connectivity index (χ0) is 8.70. The highest BCUT2D eigenvalue weighted by Gasteiger charge is 2.52. The van der Waals surface area contributed by atoms with Gasteiger partial charge in [0.05, 0.1) is 5.75 Å². The number of sulfone groups is 1. The maximum atomic E-state index is 11.3. The SMILES string of the molecule is [C-]#[N+]C1CCS(=O)(=O)C1(C)C. The molecule has 0 spiro atoms. The standard InChI is InChI=1S/C7H11NO2S/c1-7(2)6(8-3)4-5-11(7,9)10/h6H,4-5H2,1-2H3. The molecule has 1 heterocycles. The van der Waals surface area contributed by atoms with E-state index in [1.165, 1.54) is 0 Å². The van der Waals surface area contributed by atoms with Crippen molar-refractivity contribution in [3.8, 4) is 0 Å². The summed E-state index contributed by atoms with van der Waals surface area (Å²) in [7, 11) is -3.00. The van der Waals surface area contributed by atoms with Crippen LogP contribution in [0.15, 0.2) is 0 Å². The van der Waals surface area contributed by atoms with Gasteiger partial charge >= 0.3 is 0 Å². The van der Waals surface area contributed by atoms with Crippen LogP contribution in [0.5, 0.6) is 0 Å². The fraction of sp³-hybridized carbons (Fsp3) is 0.857. The second kappa shape index (κ2) is 2.21. The lowest BCUT2D eigenvalue weighted by atomic mass is 10.0. The monoisotopic (exact) mass is 173 g/mol. The molecule has 1 rings (SSSR count). The summed E-state index contributed by atoms with van der Waals surface area (Å²) < 4.78 is 21.8. The van der Waals surface area contributed by atoms with Gasteiger partial charge in [0, 0.05) is 6.42 Å². The zero-order valence-corrected chi connectivity index (χ0v) is 7.48. The molecule has 62 valence electrons. The number of hydrogen-bond acceptors (Lipinski definition) is 2. The van der Waals surface area contributed by atoms with Crippen LogP contribution in [0.2, 0.25) is 0 Å². The number of rotatable bonds is 0. The fourth-order valence-corrected chi connectivity index (χ4v) is 2.95. The first-order valence-corrected chi connectivity index (χ1v) is 5.16. The van der Waals surface area contributed by atoms with E-state index in [-0.39, 0.29) is 11.8 Å². The van der Waals surface area contributed by atoms with Crippen molar-refractivity contribution in [3.05, 3.63) is 11.4 Å². The highest BCUT2D eigenvalue weighted by atomic mass is 32.2. The summed E-state index contributed by atoms with van der Waals surface area (Å²) in [5.74, 6) is 0.174. The Kier molecular flexibility index (Phi) is 1.72. The van der Waals surface area contributed by atoms with Crippen molar-refractivity contribution >= 4 is 9.84 Å². The van der Waals surface area contributed by atoms with Crippen LogP contribution in [-0.2, 0) is 9.84 Å². The van der Waals surface area contributed by atoms with Gasteiger partial charge in [-0.2, -0.15) is 0 Å². The molecule has 0 aromatic heterocycles. The Balaban J connectivity index is 3.12. The molecule has 4 heteroatoms. The Morgan fingerprint density at radius 3 is 2.27 bits per heavy atom. The second-order valence-electron chi connectivity index (χ2n) is 3.36. The zero-order valence-electron chi connectivity index (χ0n) is 6.66. The summed E-state index contributed by atoms with van der Waals surface area (Å²) in [6, 6.07) is -0.340. The topological polar surface area (TPSA) is 38.5 Å². The van der Waals surface area contributed by atoms with Crippen LogP contribution in [0.25, 0.3) is 4.85 Å². The van der Waals surface area contributed by atoms with Gasteiger partial charge in [-0.3, -0.25) is 0 Å². The summed E-state index contributed by atoms with van der Waals surface area (Å²) >= 11 is 0. The third kappa shape index (κ3) is 1.04. The second-order valence-corrected chi connectivity index (χ2v) is 6.05. The fourth-order valence-electron chi connectivity index (χ4n) is 1.30. The summed E-state index contributed by atoms with van der Waals surface area (Å²) in [4.78, 5) is 3.31. The van der Waals surface area contributed by atoms with Crippen molar-refractivity contribution in [3.63, 3.8) is 0 Å². The van der Waals surface area contributed by atoms with Crippen LogP contribution in [-0.4, -0.2) is 25.0 Å². The first-order chi connectivity index (χ1) is 4.92. The molecule has 1 atom stereocenters. The van der Waals surface area contributed by atoms with E-state index in [4.69, 9.17) is 6.57 Å². The lowest BCUT2D eigenvalue weighted by Gasteiger charge is -2.15. The Bertz CT molecular complexity index is 297. The third-order valence-corrected chi connectivity index (χ3v) is 5.07. The van der Waals surface area contributed by atoms with Crippen molar-refractivity contribution in [2.75, 3.05) is 5.75 Å². The molecule has 1 saturated heterocycles. The predicted molar refractivity (Wildman–Crippen MR) is 42.9 cm³/mol. The molecule has 11 heavy (non-hydrogen) atoms. The molecule has 0 radical (unpaired) electrons. The van der Waals surface area contributed by atoms with E-state index in [2.05, 4.69) is 4.85 Å². The van der Waals surface area contributed by atoms with Crippen LogP contribution < -0.4 is 0 Å². The molecule has 0 aromatic carbocycles. The maximum Gasteiger partial charge on any atom is 0.243 e. The van der Waals surface area contributed by atoms with E-state index in [9.17, 15) is 8.42 Å². The van der Waals surface area contributed by atoms with Crippen molar-refractivity contribution in [1.29, 1.82) is 0 Å².